The van der Waals surface area contributed by atoms with Crippen molar-refractivity contribution in [2.24, 2.45) is 0 Å². The summed E-state index contributed by atoms with van der Waals surface area (Å²) in [4.78, 5) is 26.9. The minimum absolute atomic E-state index is 0.190. The van der Waals surface area contributed by atoms with Crippen LogP contribution in [0.1, 0.15) is 15.9 Å². The third-order valence-corrected chi connectivity index (χ3v) is 4.13. The number of hydrogen-bond acceptors (Lipinski definition) is 5. The summed E-state index contributed by atoms with van der Waals surface area (Å²) < 4.78 is 15.6. The van der Waals surface area contributed by atoms with Gasteiger partial charge in [0.2, 0.25) is 5.78 Å². The van der Waals surface area contributed by atoms with Gasteiger partial charge in [-0.25, -0.2) is 4.79 Å². The summed E-state index contributed by atoms with van der Waals surface area (Å²) in [5.41, 5.74) is 2.32. The van der Waals surface area contributed by atoms with E-state index in [1.54, 1.807) is 24.3 Å². The summed E-state index contributed by atoms with van der Waals surface area (Å²) in [5.74, 6) is 0.404. The number of carbonyl (C=O) groups is 2. The predicted octanol–water partition coefficient (Wildman–Crippen LogP) is 3.34. The molecule has 1 aliphatic heterocycles. The van der Waals surface area contributed by atoms with Gasteiger partial charge in [0.25, 0.3) is 0 Å². The van der Waals surface area contributed by atoms with Crippen molar-refractivity contribution in [3.63, 3.8) is 0 Å². The van der Waals surface area contributed by atoms with Crippen LogP contribution < -0.4 is 9.47 Å². The van der Waals surface area contributed by atoms with Crippen LogP contribution in [-0.2, 0) is 9.53 Å². The van der Waals surface area contributed by atoms with Crippen LogP contribution in [0, 0.1) is 0 Å². The molecule has 3 aromatic rings. The van der Waals surface area contributed by atoms with Crippen molar-refractivity contribution in [2.75, 3.05) is 13.7 Å². The van der Waals surface area contributed by atoms with Crippen molar-refractivity contribution in [1.82, 2.24) is 4.98 Å². The predicted molar refractivity (Wildman–Crippen MR) is 95.2 cm³/mol. The number of aromatic nitrogens is 1. The third kappa shape index (κ3) is 2.82. The van der Waals surface area contributed by atoms with Crippen molar-refractivity contribution in [2.45, 2.75) is 0 Å². The van der Waals surface area contributed by atoms with Gasteiger partial charge in [0, 0.05) is 28.7 Å². The Kier molecular flexibility index (Phi) is 3.93. The zero-order valence-corrected chi connectivity index (χ0v) is 13.9. The Hall–Kier alpha value is -3.54. The van der Waals surface area contributed by atoms with Gasteiger partial charge >= 0.3 is 5.97 Å². The number of carbonyl (C=O) groups excluding carboxylic acids is 2. The molecule has 0 saturated heterocycles. The minimum atomic E-state index is -0.484. The lowest BCUT2D eigenvalue weighted by atomic mass is 10.1. The van der Waals surface area contributed by atoms with Gasteiger partial charge in [-0.2, -0.15) is 0 Å². The first kappa shape index (κ1) is 16.0. The molecule has 2 aromatic carbocycles. The largest absolute Gasteiger partial charge is 0.482 e. The van der Waals surface area contributed by atoms with E-state index in [2.05, 4.69) is 9.72 Å². The number of esters is 1. The Morgan fingerprint density at radius 3 is 2.92 bits per heavy atom. The monoisotopic (exact) mass is 349 g/mol. The summed E-state index contributed by atoms with van der Waals surface area (Å²) >= 11 is 0. The smallest absolute Gasteiger partial charge is 0.343 e. The van der Waals surface area contributed by atoms with Crippen LogP contribution in [0.15, 0.2) is 54.4 Å². The normalized spacial score (nSPS) is 14.3. The summed E-state index contributed by atoms with van der Waals surface area (Å²) in [6.07, 6.45) is 3.55. The second kappa shape index (κ2) is 6.40. The van der Waals surface area contributed by atoms with Crippen LogP contribution in [0.4, 0.5) is 0 Å². The molecule has 6 heteroatoms. The van der Waals surface area contributed by atoms with Gasteiger partial charge in [-0.15, -0.1) is 0 Å². The number of hydrogen-bond donors (Lipinski definition) is 1. The summed E-state index contributed by atoms with van der Waals surface area (Å²) in [6.45, 7) is -0.207. The number of H-pyrrole nitrogens is 1. The zero-order chi connectivity index (χ0) is 18.1. The maximum Gasteiger partial charge on any atom is 0.343 e. The molecule has 4 rings (SSSR count). The molecule has 0 aliphatic carbocycles. The first-order valence-electron chi connectivity index (χ1n) is 8.00. The first-order valence-corrected chi connectivity index (χ1v) is 8.00. The Morgan fingerprint density at radius 2 is 2.08 bits per heavy atom. The van der Waals surface area contributed by atoms with Gasteiger partial charge in [-0.05, 0) is 24.3 Å². The molecule has 6 nitrogen and oxygen atoms in total. The molecule has 0 atom stereocenters. The number of ketones is 1. The zero-order valence-electron chi connectivity index (χ0n) is 13.9. The lowest BCUT2D eigenvalue weighted by Crippen LogP contribution is -2.12. The summed E-state index contributed by atoms with van der Waals surface area (Å²) in [6, 6.07) is 12.7. The second-order valence-corrected chi connectivity index (χ2v) is 5.75. The molecule has 2 heterocycles. The van der Waals surface area contributed by atoms with E-state index >= 15 is 0 Å². The third-order valence-electron chi connectivity index (χ3n) is 4.13. The molecule has 0 radical (unpaired) electrons. The van der Waals surface area contributed by atoms with Crippen LogP contribution in [0.5, 0.6) is 11.5 Å². The summed E-state index contributed by atoms with van der Waals surface area (Å²) in [7, 11) is 1.29. The van der Waals surface area contributed by atoms with E-state index in [4.69, 9.17) is 9.47 Å². The molecule has 0 spiro atoms. The SMILES string of the molecule is COC(=O)COc1ccc2c(c1)OC(=Cc1c[nH]c3ccccc13)C2=O. The topological polar surface area (TPSA) is 77.6 Å². The number of para-hydroxylation sites is 1. The van der Waals surface area contributed by atoms with E-state index in [9.17, 15) is 9.59 Å². The van der Waals surface area contributed by atoms with E-state index in [0.29, 0.717) is 17.1 Å². The fourth-order valence-corrected chi connectivity index (χ4v) is 2.81. The molecule has 1 aliphatic rings. The maximum atomic E-state index is 12.6. The number of fused-ring (bicyclic) bond motifs is 2. The fraction of sp³-hybridized carbons (Fsp3) is 0.100. The molecule has 0 amide bonds. The van der Waals surface area contributed by atoms with Gasteiger partial charge in [-0.1, -0.05) is 18.2 Å². The molecule has 0 bridgehead atoms. The van der Waals surface area contributed by atoms with Gasteiger partial charge in [0.05, 0.1) is 12.7 Å². The van der Waals surface area contributed by atoms with E-state index < -0.39 is 5.97 Å². The maximum absolute atomic E-state index is 12.6. The van der Waals surface area contributed by atoms with Crippen LogP contribution in [0.2, 0.25) is 0 Å². The van der Waals surface area contributed by atoms with Gasteiger partial charge < -0.3 is 19.2 Å². The molecular formula is C20H15NO5. The van der Waals surface area contributed by atoms with Gasteiger partial charge in [-0.3, -0.25) is 4.79 Å². The highest BCUT2D eigenvalue weighted by Crippen LogP contribution is 2.35. The quantitative estimate of drug-likeness (QED) is 0.577. The van der Waals surface area contributed by atoms with Crippen molar-refractivity contribution in [3.05, 3.63) is 65.5 Å². The number of aromatic amines is 1. The summed E-state index contributed by atoms with van der Waals surface area (Å²) in [5, 5.41) is 1.01. The molecule has 1 aromatic heterocycles. The van der Waals surface area contributed by atoms with E-state index in [-0.39, 0.29) is 18.1 Å². The Labute approximate surface area is 149 Å². The van der Waals surface area contributed by atoms with E-state index in [1.807, 2.05) is 30.5 Å². The molecule has 0 saturated carbocycles. The number of methoxy groups -OCH3 is 1. The highest BCUT2D eigenvalue weighted by molar-refractivity contribution is 6.15. The van der Waals surface area contributed by atoms with Crippen LogP contribution in [0.25, 0.3) is 17.0 Å². The Bertz CT molecular complexity index is 1050. The minimum Gasteiger partial charge on any atom is -0.482 e. The first-order chi connectivity index (χ1) is 12.7. The molecule has 26 heavy (non-hydrogen) atoms. The van der Waals surface area contributed by atoms with Gasteiger partial charge in [0.1, 0.15) is 11.5 Å². The molecule has 0 fully saturated rings. The van der Waals surface area contributed by atoms with Crippen LogP contribution in [-0.4, -0.2) is 30.5 Å². The van der Waals surface area contributed by atoms with Crippen molar-refractivity contribution in [3.8, 4) is 11.5 Å². The van der Waals surface area contributed by atoms with Crippen molar-refractivity contribution < 1.29 is 23.8 Å². The fourth-order valence-electron chi connectivity index (χ4n) is 2.81. The van der Waals surface area contributed by atoms with Gasteiger partial charge in [0.15, 0.2) is 12.4 Å². The number of benzene rings is 2. The Morgan fingerprint density at radius 1 is 1.23 bits per heavy atom. The van der Waals surface area contributed by atoms with E-state index in [0.717, 1.165) is 16.5 Å². The molecular weight excluding hydrogens is 334 g/mol. The molecule has 130 valence electrons. The van der Waals surface area contributed by atoms with Crippen LogP contribution in [0.3, 0.4) is 0 Å². The highest BCUT2D eigenvalue weighted by atomic mass is 16.6. The molecule has 0 unspecified atom stereocenters. The van der Waals surface area contributed by atoms with Crippen molar-refractivity contribution >= 4 is 28.7 Å². The number of Topliss-reactive ketones (excluding diaryl/α,β-unsaturated/α-hetero) is 1. The highest BCUT2D eigenvalue weighted by Gasteiger charge is 2.28. The number of allylic oxidation sites excluding steroid dienone is 1. The average molecular weight is 349 g/mol. The lowest BCUT2D eigenvalue weighted by Gasteiger charge is -2.05. The second-order valence-electron chi connectivity index (χ2n) is 5.75. The number of ether oxygens (including phenoxy) is 3. The Balaban J connectivity index is 1.60. The van der Waals surface area contributed by atoms with E-state index in [1.165, 1.54) is 7.11 Å². The lowest BCUT2D eigenvalue weighted by molar-refractivity contribution is -0.142. The average Bonchev–Trinajstić information content (AvgIpc) is 3.21. The number of nitrogens with one attached hydrogen (secondary N) is 1. The van der Waals surface area contributed by atoms with Crippen molar-refractivity contribution in [1.29, 1.82) is 0 Å². The van der Waals surface area contributed by atoms with Crippen LogP contribution >= 0.6 is 0 Å². The molecule has 1 N–H and O–H groups in total. The standard InChI is InChI=1S/C20H15NO5/c1-24-19(22)11-25-13-6-7-15-17(9-13)26-18(20(15)23)8-12-10-21-16-5-3-2-4-14(12)16/h2-10,21H,11H2,1H3. The number of rotatable bonds is 4.